The van der Waals surface area contributed by atoms with Crippen molar-refractivity contribution in [2.75, 3.05) is 5.32 Å². The number of halogens is 1. The first-order valence-corrected chi connectivity index (χ1v) is 10.5. The molecule has 6 heteroatoms. The molecule has 0 fully saturated rings. The van der Waals surface area contributed by atoms with Crippen LogP contribution in [-0.2, 0) is 23.1 Å². The molecule has 1 N–H and O–H groups in total. The molecule has 2 aromatic carbocycles. The van der Waals surface area contributed by atoms with Crippen LogP contribution in [-0.4, -0.2) is 16.7 Å². The summed E-state index contributed by atoms with van der Waals surface area (Å²) in [6.45, 7) is 6.23. The number of ether oxygens (including phenoxy) is 1. The minimum Gasteiger partial charge on any atom is -0.457 e. The summed E-state index contributed by atoms with van der Waals surface area (Å²) in [7, 11) is 0. The summed E-state index contributed by atoms with van der Waals surface area (Å²) in [4.78, 5) is 28.7. The van der Waals surface area contributed by atoms with E-state index >= 15 is 0 Å². The number of nitrogens with one attached hydrogen (secondary N) is 1. The molecule has 0 radical (unpaired) electrons. The summed E-state index contributed by atoms with van der Waals surface area (Å²) in [5, 5.41) is 3.43. The number of nitrogens with zero attached hydrogens (tertiary/aromatic N) is 1. The van der Waals surface area contributed by atoms with Crippen molar-refractivity contribution in [1.82, 2.24) is 4.98 Å². The number of pyridine rings is 1. The first-order chi connectivity index (χ1) is 14.7. The predicted octanol–water partition coefficient (Wildman–Crippen LogP) is 5.74. The highest BCUT2D eigenvalue weighted by Crippen LogP contribution is 2.32. The van der Waals surface area contributed by atoms with Crippen molar-refractivity contribution in [3.63, 3.8) is 0 Å². The molecule has 1 aliphatic carbocycles. The number of carbonyl (C=O) groups excluding carboxylic acids is 2. The van der Waals surface area contributed by atoms with Crippen LogP contribution in [0, 0.1) is 0 Å². The van der Waals surface area contributed by atoms with Gasteiger partial charge >= 0.3 is 0 Å². The third-order valence-electron chi connectivity index (χ3n) is 5.21. The lowest BCUT2D eigenvalue weighted by Crippen LogP contribution is -2.16. The Morgan fingerprint density at radius 1 is 1.06 bits per heavy atom. The van der Waals surface area contributed by atoms with Gasteiger partial charge in [-0.05, 0) is 59.5 Å². The van der Waals surface area contributed by atoms with Gasteiger partial charge in [0.25, 0.3) is 5.91 Å². The molecule has 0 saturated carbocycles. The lowest BCUT2D eigenvalue weighted by molar-refractivity contribution is -0.117. The van der Waals surface area contributed by atoms with E-state index in [1.807, 2.05) is 12.1 Å². The first-order valence-electron chi connectivity index (χ1n) is 10.1. The summed E-state index contributed by atoms with van der Waals surface area (Å²) in [5.41, 5.74) is 3.66. The molecule has 158 valence electrons. The molecule has 4 rings (SSSR count). The Bertz CT molecular complexity index is 1160. The quantitative estimate of drug-likeness (QED) is 0.568. The molecule has 0 bridgehead atoms. The van der Waals surface area contributed by atoms with Gasteiger partial charge in [0.2, 0.25) is 0 Å². The zero-order valence-corrected chi connectivity index (χ0v) is 18.4. The summed E-state index contributed by atoms with van der Waals surface area (Å²) >= 11 is 6.23. The highest BCUT2D eigenvalue weighted by atomic mass is 35.5. The second-order valence-electron chi connectivity index (χ2n) is 8.69. The van der Waals surface area contributed by atoms with Crippen LogP contribution in [0.5, 0.6) is 11.5 Å². The average molecular weight is 435 g/mol. The molecule has 1 aromatic heterocycles. The van der Waals surface area contributed by atoms with Gasteiger partial charge in [-0.2, -0.15) is 0 Å². The summed E-state index contributed by atoms with van der Waals surface area (Å²) < 4.78 is 5.96. The molecule has 0 spiro atoms. The number of Topliss-reactive ketones (excluding diaryl/α,β-unsaturated/α-hetero) is 1. The van der Waals surface area contributed by atoms with Crippen LogP contribution in [0.2, 0.25) is 5.02 Å². The van der Waals surface area contributed by atoms with Gasteiger partial charge in [-0.1, -0.05) is 32.4 Å². The van der Waals surface area contributed by atoms with Gasteiger partial charge in [0, 0.05) is 40.9 Å². The Labute approximate surface area is 186 Å². The SMILES string of the molecule is CC(C)(C)c1cc(Cl)cc(C(=O)Nc2ccc(Oc3ccnc4c3CC(=O)C4)cc2)c1. The van der Waals surface area contributed by atoms with Crippen LogP contribution in [0.3, 0.4) is 0 Å². The highest BCUT2D eigenvalue weighted by molar-refractivity contribution is 6.31. The molecule has 3 aromatic rings. The van der Waals surface area contributed by atoms with Gasteiger partial charge < -0.3 is 10.1 Å². The van der Waals surface area contributed by atoms with E-state index in [0.717, 1.165) is 16.8 Å². The Kier molecular flexibility index (Phi) is 5.54. The molecular weight excluding hydrogens is 412 g/mol. The standard InChI is InChI=1S/C25H23ClN2O3/c1-25(2,3)16-10-15(11-17(26)12-16)24(30)28-18-4-6-20(7-5-18)31-23-8-9-27-22-14-19(29)13-21(22)23/h4-12H,13-14H2,1-3H3,(H,28,30). The molecule has 0 saturated heterocycles. The highest BCUT2D eigenvalue weighted by Gasteiger charge is 2.23. The number of rotatable bonds is 4. The van der Waals surface area contributed by atoms with E-state index in [0.29, 0.717) is 40.6 Å². The normalized spacial score (nSPS) is 13.1. The number of anilines is 1. The maximum atomic E-state index is 12.7. The van der Waals surface area contributed by atoms with Gasteiger partial charge in [0.05, 0.1) is 5.69 Å². The van der Waals surface area contributed by atoms with Crippen molar-refractivity contribution >= 4 is 29.0 Å². The topological polar surface area (TPSA) is 68.3 Å². The predicted molar refractivity (Wildman–Crippen MR) is 121 cm³/mol. The second kappa shape index (κ2) is 8.16. The van der Waals surface area contributed by atoms with E-state index in [1.165, 1.54) is 0 Å². The van der Waals surface area contributed by atoms with Crippen molar-refractivity contribution in [2.45, 2.75) is 39.0 Å². The number of amides is 1. The van der Waals surface area contributed by atoms with E-state index in [9.17, 15) is 9.59 Å². The fourth-order valence-electron chi connectivity index (χ4n) is 3.49. The van der Waals surface area contributed by atoms with Gasteiger partial charge in [0.15, 0.2) is 0 Å². The maximum absolute atomic E-state index is 12.7. The van der Waals surface area contributed by atoms with Crippen LogP contribution < -0.4 is 10.1 Å². The summed E-state index contributed by atoms with van der Waals surface area (Å²) in [6.07, 6.45) is 2.36. The zero-order valence-electron chi connectivity index (χ0n) is 17.7. The molecule has 5 nitrogen and oxygen atoms in total. The number of hydrogen-bond donors (Lipinski definition) is 1. The lowest BCUT2D eigenvalue weighted by Gasteiger charge is -2.20. The molecule has 0 unspecified atom stereocenters. The molecule has 0 aliphatic heterocycles. The zero-order chi connectivity index (χ0) is 22.2. The Hall–Kier alpha value is -3.18. The third kappa shape index (κ3) is 4.78. The molecule has 1 heterocycles. The Morgan fingerprint density at radius 3 is 2.52 bits per heavy atom. The summed E-state index contributed by atoms with van der Waals surface area (Å²) in [5.74, 6) is 1.17. The van der Waals surface area contributed by atoms with Crippen molar-refractivity contribution in [2.24, 2.45) is 0 Å². The van der Waals surface area contributed by atoms with Gasteiger partial charge in [-0.15, -0.1) is 0 Å². The maximum Gasteiger partial charge on any atom is 0.255 e. The van der Waals surface area contributed by atoms with Crippen molar-refractivity contribution in [1.29, 1.82) is 0 Å². The first kappa shape index (κ1) is 21.1. The van der Waals surface area contributed by atoms with Crippen LogP contribution in [0.25, 0.3) is 0 Å². The largest absolute Gasteiger partial charge is 0.457 e. The molecule has 0 atom stereocenters. The third-order valence-corrected chi connectivity index (χ3v) is 5.42. The fraction of sp³-hybridized carbons (Fsp3) is 0.240. The minimum absolute atomic E-state index is 0.114. The van der Waals surface area contributed by atoms with Crippen molar-refractivity contribution < 1.29 is 14.3 Å². The van der Waals surface area contributed by atoms with E-state index in [4.69, 9.17) is 16.3 Å². The molecule has 31 heavy (non-hydrogen) atoms. The van der Waals surface area contributed by atoms with Crippen LogP contribution in [0.4, 0.5) is 5.69 Å². The van der Waals surface area contributed by atoms with E-state index in [-0.39, 0.29) is 17.1 Å². The molecular formula is C25H23ClN2O3. The Balaban J connectivity index is 1.48. The van der Waals surface area contributed by atoms with Crippen LogP contribution in [0.15, 0.2) is 54.7 Å². The number of benzene rings is 2. The van der Waals surface area contributed by atoms with E-state index in [1.54, 1.807) is 42.6 Å². The smallest absolute Gasteiger partial charge is 0.255 e. The number of fused-ring (bicyclic) bond motifs is 1. The number of ketones is 1. The Morgan fingerprint density at radius 2 is 1.81 bits per heavy atom. The van der Waals surface area contributed by atoms with Crippen LogP contribution >= 0.6 is 11.6 Å². The molecule has 1 amide bonds. The number of hydrogen-bond acceptors (Lipinski definition) is 4. The minimum atomic E-state index is -0.230. The van der Waals surface area contributed by atoms with Gasteiger partial charge in [-0.25, -0.2) is 0 Å². The summed E-state index contributed by atoms with van der Waals surface area (Å²) in [6, 6.07) is 14.3. The van der Waals surface area contributed by atoms with Crippen molar-refractivity contribution in [3.8, 4) is 11.5 Å². The number of aromatic nitrogens is 1. The monoisotopic (exact) mass is 434 g/mol. The van der Waals surface area contributed by atoms with Crippen LogP contribution in [0.1, 0.15) is 48.0 Å². The van der Waals surface area contributed by atoms with E-state index < -0.39 is 0 Å². The number of carbonyl (C=O) groups is 2. The van der Waals surface area contributed by atoms with Gasteiger partial charge in [-0.3, -0.25) is 14.6 Å². The lowest BCUT2D eigenvalue weighted by atomic mass is 9.86. The van der Waals surface area contributed by atoms with Crippen molar-refractivity contribution in [3.05, 3.63) is 82.1 Å². The van der Waals surface area contributed by atoms with Gasteiger partial charge in [0.1, 0.15) is 17.3 Å². The fourth-order valence-corrected chi connectivity index (χ4v) is 3.72. The average Bonchev–Trinajstić information content (AvgIpc) is 3.09. The van der Waals surface area contributed by atoms with E-state index in [2.05, 4.69) is 31.1 Å². The second-order valence-corrected chi connectivity index (χ2v) is 9.12. The molecule has 1 aliphatic rings.